The summed E-state index contributed by atoms with van der Waals surface area (Å²) in [4.78, 5) is 12.5. The number of hydrogen-bond donors (Lipinski definition) is 1. The van der Waals surface area contributed by atoms with Crippen molar-refractivity contribution in [3.05, 3.63) is 40.3 Å². The summed E-state index contributed by atoms with van der Waals surface area (Å²) in [6.45, 7) is 0.440. The van der Waals surface area contributed by atoms with Crippen molar-refractivity contribution in [2.45, 2.75) is 19.1 Å². The van der Waals surface area contributed by atoms with E-state index in [1.807, 2.05) is 17.5 Å². The van der Waals surface area contributed by atoms with Gasteiger partial charge in [0.05, 0.1) is 13.0 Å². The van der Waals surface area contributed by atoms with Crippen molar-refractivity contribution >= 4 is 17.2 Å². The van der Waals surface area contributed by atoms with E-state index >= 15 is 0 Å². The Morgan fingerprint density at radius 1 is 1.40 bits per heavy atom. The number of amides is 1. The molecule has 0 saturated carbocycles. The zero-order valence-corrected chi connectivity index (χ0v) is 11.2. The lowest BCUT2D eigenvalue weighted by atomic mass is 10.3. The normalized spacial score (nSPS) is 11.6. The molecule has 1 amide bonds. The minimum atomic E-state index is -4.44. The lowest BCUT2D eigenvalue weighted by molar-refractivity contribution is -0.141. The molecule has 0 aliphatic carbocycles. The minimum absolute atomic E-state index is 0.157. The molecular weight excluding hydrogens is 291 g/mol. The van der Waals surface area contributed by atoms with E-state index in [0.717, 1.165) is 15.6 Å². The number of halogens is 3. The third kappa shape index (κ3) is 4.09. The number of rotatable bonds is 5. The van der Waals surface area contributed by atoms with E-state index in [1.54, 1.807) is 0 Å². The van der Waals surface area contributed by atoms with E-state index in [1.165, 1.54) is 17.5 Å². The smallest absolute Gasteiger partial charge is 0.354 e. The molecule has 8 heteroatoms. The van der Waals surface area contributed by atoms with E-state index in [4.69, 9.17) is 0 Å². The molecule has 0 unspecified atom stereocenters. The summed E-state index contributed by atoms with van der Waals surface area (Å²) in [6, 6.07) is 4.62. The van der Waals surface area contributed by atoms with Crippen molar-refractivity contribution in [2.75, 3.05) is 6.54 Å². The van der Waals surface area contributed by atoms with Gasteiger partial charge in [-0.1, -0.05) is 6.07 Å². The molecule has 0 radical (unpaired) electrons. The number of carbonyl (C=O) groups excluding carboxylic acids is 1. The van der Waals surface area contributed by atoms with Crippen LogP contribution in [0, 0.1) is 0 Å². The Kier molecular flexibility index (Phi) is 4.43. The van der Waals surface area contributed by atoms with E-state index in [2.05, 4.69) is 10.4 Å². The molecule has 4 nitrogen and oxygen atoms in total. The van der Waals surface area contributed by atoms with E-state index in [-0.39, 0.29) is 25.4 Å². The topological polar surface area (TPSA) is 46.9 Å². The Morgan fingerprint density at radius 2 is 2.20 bits per heavy atom. The molecule has 0 saturated heterocycles. The quantitative estimate of drug-likeness (QED) is 0.921. The molecule has 20 heavy (non-hydrogen) atoms. The van der Waals surface area contributed by atoms with Crippen LogP contribution in [0.5, 0.6) is 0 Å². The van der Waals surface area contributed by atoms with Gasteiger partial charge in [-0.3, -0.25) is 9.48 Å². The number of aromatic nitrogens is 2. The number of alkyl halides is 3. The van der Waals surface area contributed by atoms with Crippen LogP contribution in [-0.4, -0.2) is 22.2 Å². The highest BCUT2D eigenvalue weighted by Crippen LogP contribution is 2.27. The summed E-state index contributed by atoms with van der Waals surface area (Å²) in [7, 11) is 0. The zero-order chi connectivity index (χ0) is 14.6. The van der Waals surface area contributed by atoms with Crippen LogP contribution in [0.15, 0.2) is 29.8 Å². The fourth-order valence-corrected chi connectivity index (χ4v) is 2.28. The predicted molar refractivity (Wildman–Crippen MR) is 68.3 cm³/mol. The highest BCUT2D eigenvalue weighted by molar-refractivity contribution is 7.10. The molecule has 0 aliphatic rings. The summed E-state index contributed by atoms with van der Waals surface area (Å²) in [5.74, 6) is -0.157. The van der Waals surface area contributed by atoms with Crippen LogP contribution in [0.2, 0.25) is 0 Å². The fraction of sp³-hybridized carbons (Fsp3) is 0.333. The van der Waals surface area contributed by atoms with E-state index < -0.39 is 11.9 Å². The Hall–Kier alpha value is -1.83. The first-order valence-electron chi connectivity index (χ1n) is 5.85. The van der Waals surface area contributed by atoms with Crippen molar-refractivity contribution < 1.29 is 18.0 Å². The van der Waals surface area contributed by atoms with Gasteiger partial charge in [0.15, 0.2) is 5.69 Å². The average molecular weight is 303 g/mol. The zero-order valence-electron chi connectivity index (χ0n) is 10.4. The van der Waals surface area contributed by atoms with Gasteiger partial charge in [-0.25, -0.2) is 0 Å². The molecule has 0 aliphatic heterocycles. The van der Waals surface area contributed by atoms with Gasteiger partial charge >= 0.3 is 6.18 Å². The molecule has 0 aromatic carbocycles. The first kappa shape index (κ1) is 14.6. The summed E-state index contributed by atoms with van der Waals surface area (Å²) >= 11 is 1.48. The predicted octanol–water partition coefficient (Wildman–Crippen LogP) is 2.32. The molecule has 0 fully saturated rings. The highest BCUT2D eigenvalue weighted by Gasteiger charge is 2.33. The van der Waals surface area contributed by atoms with Gasteiger partial charge in [0, 0.05) is 17.6 Å². The minimum Gasteiger partial charge on any atom is -0.354 e. The maximum absolute atomic E-state index is 12.3. The molecule has 0 spiro atoms. The van der Waals surface area contributed by atoms with Crippen molar-refractivity contribution in [3.8, 4) is 0 Å². The summed E-state index contributed by atoms with van der Waals surface area (Å²) < 4.78 is 38.1. The van der Waals surface area contributed by atoms with Gasteiger partial charge in [-0.2, -0.15) is 18.3 Å². The van der Waals surface area contributed by atoms with Crippen molar-refractivity contribution in [1.82, 2.24) is 15.1 Å². The second kappa shape index (κ2) is 6.08. The third-order valence-corrected chi connectivity index (χ3v) is 3.39. The number of carbonyl (C=O) groups is 1. The monoisotopic (exact) mass is 303 g/mol. The fourth-order valence-electron chi connectivity index (χ4n) is 1.58. The van der Waals surface area contributed by atoms with Gasteiger partial charge in [0.1, 0.15) is 0 Å². The van der Waals surface area contributed by atoms with Crippen molar-refractivity contribution in [2.24, 2.45) is 0 Å². The van der Waals surface area contributed by atoms with Gasteiger partial charge in [0.25, 0.3) is 0 Å². The molecule has 2 aromatic heterocycles. The second-order valence-electron chi connectivity index (χ2n) is 4.07. The van der Waals surface area contributed by atoms with Gasteiger partial charge in [-0.05, 0) is 17.5 Å². The molecule has 1 N–H and O–H groups in total. The van der Waals surface area contributed by atoms with Crippen LogP contribution in [0.1, 0.15) is 10.6 Å². The van der Waals surface area contributed by atoms with E-state index in [9.17, 15) is 18.0 Å². The first-order valence-corrected chi connectivity index (χ1v) is 6.73. The SMILES string of the molecule is O=C(Cc1cccs1)NCCn1ccc(C(F)(F)F)n1. The van der Waals surface area contributed by atoms with Crippen LogP contribution in [0.25, 0.3) is 0 Å². The first-order chi connectivity index (χ1) is 9.45. The molecule has 0 atom stereocenters. The Labute approximate surface area is 117 Å². The van der Waals surface area contributed by atoms with Crippen LogP contribution in [0.3, 0.4) is 0 Å². The molecule has 0 bridgehead atoms. The average Bonchev–Trinajstić information content (AvgIpc) is 2.98. The maximum atomic E-state index is 12.3. The number of nitrogens with one attached hydrogen (secondary N) is 1. The second-order valence-corrected chi connectivity index (χ2v) is 5.10. The largest absolute Gasteiger partial charge is 0.435 e. The standard InChI is InChI=1S/C12H12F3N3OS/c13-12(14,15)10-3-5-18(17-10)6-4-16-11(19)8-9-2-1-7-20-9/h1-3,5,7H,4,6,8H2,(H,16,19). The Balaban J connectivity index is 1.75. The van der Waals surface area contributed by atoms with E-state index in [0.29, 0.717) is 0 Å². The van der Waals surface area contributed by atoms with Crippen LogP contribution in [-0.2, 0) is 23.9 Å². The Morgan fingerprint density at radius 3 is 2.80 bits per heavy atom. The summed E-state index contributed by atoms with van der Waals surface area (Å²) in [6.07, 6.45) is -2.91. The van der Waals surface area contributed by atoms with Crippen LogP contribution < -0.4 is 5.32 Å². The van der Waals surface area contributed by atoms with Crippen LogP contribution >= 0.6 is 11.3 Å². The number of nitrogens with zero attached hydrogens (tertiary/aromatic N) is 2. The maximum Gasteiger partial charge on any atom is 0.435 e. The highest BCUT2D eigenvalue weighted by atomic mass is 32.1. The molecule has 2 aromatic rings. The van der Waals surface area contributed by atoms with Gasteiger partial charge in [0.2, 0.25) is 5.91 Å². The van der Waals surface area contributed by atoms with Crippen LogP contribution in [0.4, 0.5) is 13.2 Å². The molecule has 108 valence electrons. The van der Waals surface area contributed by atoms with Gasteiger partial charge < -0.3 is 5.32 Å². The summed E-state index contributed by atoms with van der Waals surface area (Å²) in [5.41, 5.74) is -0.928. The van der Waals surface area contributed by atoms with Crippen molar-refractivity contribution in [1.29, 1.82) is 0 Å². The third-order valence-electron chi connectivity index (χ3n) is 2.51. The molecular formula is C12H12F3N3OS. The van der Waals surface area contributed by atoms with Gasteiger partial charge in [-0.15, -0.1) is 11.3 Å². The molecule has 2 heterocycles. The van der Waals surface area contributed by atoms with Crippen molar-refractivity contribution in [3.63, 3.8) is 0 Å². The lowest BCUT2D eigenvalue weighted by Crippen LogP contribution is -2.28. The number of thiophene rings is 1. The lowest BCUT2D eigenvalue weighted by Gasteiger charge is -2.05. The summed E-state index contributed by atoms with van der Waals surface area (Å²) in [5, 5.41) is 7.92. The molecule has 2 rings (SSSR count). The number of hydrogen-bond acceptors (Lipinski definition) is 3. The Bertz CT molecular complexity index is 563.